The second kappa shape index (κ2) is 3.64. The van der Waals surface area contributed by atoms with Crippen molar-refractivity contribution in [3.8, 4) is 0 Å². The van der Waals surface area contributed by atoms with Crippen LogP contribution in [-0.2, 0) is 0 Å². The highest BCUT2D eigenvalue weighted by molar-refractivity contribution is 8.21. The first-order valence-corrected chi connectivity index (χ1v) is 4.50. The zero-order valence-electron chi connectivity index (χ0n) is 5.45. The maximum atomic E-state index is 10.4. The third-order valence-electron chi connectivity index (χ3n) is 1.19. The van der Waals surface area contributed by atoms with Crippen LogP contribution in [0.5, 0.6) is 0 Å². The number of hydrogen-bond acceptors (Lipinski definition) is 2. The standard InChI is InChI=1S/C7H5ClO2S/c8-11-6-3-1-5(2-4-6)7(9)10/h1-4H,(H,9,10). The van der Waals surface area contributed by atoms with Crippen LogP contribution < -0.4 is 0 Å². The van der Waals surface area contributed by atoms with E-state index in [1.165, 1.54) is 12.1 Å². The Hall–Kier alpha value is -0.670. The third kappa shape index (κ3) is 2.13. The molecule has 0 fully saturated rings. The fourth-order valence-corrected chi connectivity index (χ4v) is 1.20. The van der Waals surface area contributed by atoms with Gasteiger partial charge in [-0.15, -0.1) is 0 Å². The van der Waals surface area contributed by atoms with Crippen molar-refractivity contribution in [1.29, 1.82) is 0 Å². The molecule has 11 heavy (non-hydrogen) atoms. The van der Waals surface area contributed by atoms with Crippen molar-refractivity contribution in [2.24, 2.45) is 0 Å². The van der Waals surface area contributed by atoms with Crippen molar-refractivity contribution in [1.82, 2.24) is 0 Å². The molecule has 4 heteroatoms. The van der Waals surface area contributed by atoms with Gasteiger partial charge in [0.1, 0.15) is 0 Å². The highest BCUT2D eigenvalue weighted by Gasteiger charge is 2.00. The van der Waals surface area contributed by atoms with Crippen molar-refractivity contribution >= 4 is 27.6 Å². The topological polar surface area (TPSA) is 37.3 Å². The molecule has 1 aromatic rings. The van der Waals surface area contributed by atoms with Gasteiger partial charge in [-0.2, -0.15) is 0 Å². The molecule has 0 saturated carbocycles. The van der Waals surface area contributed by atoms with Crippen LogP contribution in [0.3, 0.4) is 0 Å². The van der Waals surface area contributed by atoms with E-state index in [1.54, 1.807) is 12.1 Å². The third-order valence-corrected chi connectivity index (χ3v) is 2.18. The van der Waals surface area contributed by atoms with E-state index in [0.717, 1.165) is 15.9 Å². The molecule has 0 atom stereocenters. The van der Waals surface area contributed by atoms with Gasteiger partial charge in [0.2, 0.25) is 0 Å². The molecule has 1 N–H and O–H groups in total. The number of carboxylic acid groups (broad SMARTS) is 1. The van der Waals surface area contributed by atoms with E-state index in [9.17, 15) is 4.79 Å². The first-order valence-electron chi connectivity index (χ1n) is 2.86. The average molecular weight is 189 g/mol. The molecule has 0 amide bonds. The van der Waals surface area contributed by atoms with Gasteiger partial charge in [0.25, 0.3) is 0 Å². The summed E-state index contributed by atoms with van der Waals surface area (Å²) in [6.07, 6.45) is 0. The lowest BCUT2D eigenvalue weighted by Gasteiger charge is -1.94. The molecule has 0 unspecified atom stereocenters. The van der Waals surface area contributed by atoms with E-state index in [0.29, 0.717) is 0 Å². The van der Waals surface area contributed by atoms with Crippen molar-refractivity contribution < 1.29 is 9.90 Å². The van der Waals surface area contributed by atoms with Gasteiger partial charge < -0.3 is 5.11 Å². The fraction of sp³-hybridized carbons (Fsp3) is 0. The summed E-state index contributed by atoms with van der Waals surface area (Å²) < 4.78 is 0. The molecule has 0 aliphatic carbocycles. The molecule has 0 radical (unpaired) electrons. The van der Waals surface area contributed by atoms with Gasteiger partial charge in [-0.05, 0) is 45.9 Å². The van der Waals surface area contributed by atoms with Crippen LogP contribution in [0, 0.1) is 0 Å². The summed E-state index contributed by atoms with van der Waals surface area (Å²) in [5, 5.41) is 8.51. The molecule has 2 nitrogen and oxygen atoms in total. The second-order valence-electron chi connectivity index (χ2n) is 1.91. The Morgan fingerprint density at radius 3 is 2.27 bits per heavy atom. The number of carbonyl (C=O) groups is 1. The molecule has 0 aliphatic heterocycles. The van der Waals surface area contributed by atoms with E-state index < -0.39 is 5.97 Å². The van der Waals surface area contributed by atoms with Gasteiger partial charge in [-0.1, -0.05) is 0 Å². The van der Waals surface area contributed by atoms with Gasteiger partial charge in [0, 0.05) is 4.90 Å². The monoisotopic (exact) mass is 188 g/mol. The van der Waals surface area contributed by atoms with Crippen LogP contribution in [-0.4, -0.2) is 11.1 Å². The summed E-state index contributed by atoms with van der Waals surface area (Å²) in [6.45, 7) is 0. The Labute approximate surface area is 72.7 Å². The minimum absolute atomic E-state index is 0.277. The van der Waals surface area contributed by atoms with E-state index in [2.05, 4.69) is 0 Å². The highest BCUT2D eigenvalue weighted by Crippen LogP contribution is 2.21. The number of aromatic carboxylic acids is 1. The molecule has 0 aromatic heterocycles. The zero-order chi connectivity index (χ0) is 8.27. The number of halogens is 1. The minimum atomic E-state index is -0.920. The summed E-state index contributed by atoms with van der Waals surface area (Å²) in [6, 6.07) is 6.38. The number of carboxylic acids is 1. The summed E-state index contributed by atoms with van der Waals surface area (Å²) in [5.41, 5.74) is 0.277. The lowest BCUT2D eigenvalue weighted by atomic mass is 10.2. The Morgan fingerprint density at radius 1 is 1.36 bits per heavy atom. The van der Waals surface area contributed by atoms with Crippen LogP contribution in [0.15, 0.2) is 29.2 Å². The fourth-order valence-electron chi connectivity index (χ4n) is 0.649. The van der Waals surface area contributed by atoms with E-state index in [-0.39, 0.29) is 5.56 Å². The average Bonchev–Trinajstić information content (AvgIpc) is 2.05. The number of hydrogen-bond donors (Lipinski definition) is 1. The summed E-state index contributed by atoms with van der Waals surface area (Å²) in [4.78, 5) is 11.2. The van der Waals surface area contributed by atoms with Gasteiger partial charge in [0.05, 0.1) is 5.56 Å². The summed E-state index contributed by atoms with van der Waals surface area (Å²) in [7, 11) is 6.50. The van der Waals surface area contributed by atoms with Crippen LogP contribution in [0.25, 0.3) is 0 Å². The van der Waals surface area contributed by atoms with E-state index in [1.807, 2.05) is 0 Å². The normalized spacial score (nSPS) is 9.55. The van der Waals surface area contributed by atoms with Gasteiger partial charge >= 0.3 is 5.97 Å². The molecule has 1 rings (SSSR count). The predicted octanol–water partition coefficient (Wildman–Crippen LogP) is 2.63. The zero-order valence-corrected chi connectivity index (χ0v) is 7.02. The van der Waals surface area contributed by atoms with Crippen LogP contribution in [0.4, 0.5) is 0 Å². The molecule has 58 valence electrons. The van der Waals surface area contributed by atoms with Gasteiger partial charge in [-0.25, -0.2) is 4.79 Å². The molecule has 0 heterocycles. The molecular formula is C7H5ClO2S. The van der Waals surface area contributed by atoms with Gasteiger partial charge in [0.15, 0.2) is 0 Å². The van der Waals surface area contributed by atoms with E-state index in [4.69, 9.17) is 15.8 Å². The quantitative estimate of drug-likeness (QED) is 0.776. The molecule has 0 bridgehead atoms. The lowest BCUT2D eigenvalue weighted by molar-refractivity contribution is 0.0697. The molecule has 0 aliphatic rings. The number of benzene rings is 1. The Balaban J connectivity index is 2.91. The Kier molecular flexibility index (Phi) is 2.79. The van der Waals surface area contributed by atoms with Crippen LogP contribution in [0.1, 0.15) is 10.4 Å². The van der Waals surface area contributed by atoms with Crippen molar-refractivity contribution in [2.75, 3.05) is 0 Å². The molecular weight excluding hydrogens is 184 g/mol. The smallest absolute Gasteiger partial charge is 0.335 e. The SMILES string of the molecule is O=C(O)c1ccc(SCl)cc1. The van der Waals surface area contributed by atoms with Gasteiger partial charge in [-0.3, -0.25) is 0 Å². The second-order valence-corrected chi connectivity index (χ2v) is 3.00. The van der Waals surface area contributed by atoms with Crippen molar-refractivity contribution in [3.05, 3.63) is 29.8 Å². The largest absolute Gasteiger partial charge is 0.478 e. The molecule has 0 saturated heterocycles. The van der Waals surface area contributed by atoms with Crippen LogP contribution in [0.2, 0.25) is 0 Å². The van der Waals surface area contributed by atoms with Crippen molar-refractivity contribution in [3.63, 3.8) is 0 Å². The first-order chi connectivity index (χ1) is 5.24. The van der Waals surface area contributed by atoms with Crippen LogP contribution >= 0.6 is 21.7 Å². The van der Waals surface area contributed by atoms with Crippen molar-refractivity contribution in [2.45, 2.75) is 4.90 Å². The Morgan fingerprint density at radius 2 is 1.91 bits per heavy atom. The van der Waals surface area contributed by atoms with E-state index >= 15 is 0 Å². The maximum Gasteiger partial charge on any atom is 0.335 e. The highest BCUT2D eigenvalue weighted by atomic mass is 35.7. The summed E-state index contributed by atoms with van der Waals surface area (Å²) >= 11 is 0. The Bertz CT molecular complexity index is 258. The summed E-state index contributed by atoms with van der Waals surface area (Å²) in [5.74, 6) is -0.920. The molecule has 1 aromatic carbocycles. The predicted molar refractivity (Wildman–Crippen MR) is 45.1 cm³/mol. The molecule has 0 spiro atoms. The minimum Gasteiger partial charge on any atom is -0.478 e. The first kappa shape index (κ1) is 8.43. The maximum absolute atomic E-state index is 10.4. The lowest BCUT2D eigenvalue weighted by Crippen LogP contribution is -1.94. The number of rotatable bonds is 2.